The molecule has 0 aliphatic rings. The van der Waals surface area contributed by atoms with Gasteiger partial charge in [-0.2, -0.15) is 0 Å². The summed E-state index contributed by atoms with van der Waals surface area (Å²) >= 11 is 3.37. The van der Waals surface area contributed by atoms with Crippen molar-refractivity contribution in [2.45, 2.75) is 13.5 Å². The number of anilines is 1. The van der Waals surface area contributed by atoms with Gasteiger partial charge in [-0.25, -0.2) is 0 Å². The maximum absolute atomic E-state index is 11.4. The SMILES string of the molecule is CC(=O)c1ccc(N(C)Cc2ccc(Br)cc2)c([N+](=O)[O-])c1. The van der Waals surface area contributed by atoms with E-state index in [0.29, 0.717) is 17.8 Å². The molecule has 0 N–H and O–H groups in total. The van der Waals surface area contributed by atoms with Crippen molar-refractivity contribution in [1.82, 2.24) is 0 Å². The minimum Gasteiger partial charge on any atom is -0.365 e. The molecule has 2 aromatic carbocycles. The van der Waals surface area contributed by atoms with Crippen LogP contribution in [0.3, 0.4) is 0 Å². The van der Waals surface area contributed by atoms with Crippen molar-refractivity contribution >= 4 is 33.1 Å². The zero-order valence-electron chi connectivity index (χ0n) is 12.2. The summed E-state index contributed by atoms with van der Waals surface area (Å²) < 4.78 is 0.982. The average molecular weight is 363 g/mol. The van der Waals surface area contributed by atoms with Gasteiger partial charge in [-0.3, -0.25) is 14.9 Å². The Labute approximate surface area is 136 Å². The van der Waals surface area contributed by atoms with Crippen LogP contribution < -0.4 is 4.90 Å². The summed E-state index contributed by atoms with van der Waals surface area (Å²) in [5, 5.41) is 11.3. The fourth-order valence-electron chi connectivity index (χ4n) is 2.16. The highest BCUT2D eigenvalue weighted by molar-refractivity contribution is 9.10. The van der Waals surface area contributed by atoms with Gasteiger partial charge in [0.25, 0.3) is 5.69 Å². The first-order chi connectivity index (χ1) is 10.4. The third-order valence-corrected chi connectivity index (χ3v) is 3.85. The number of hydrogen-bond acceptors (Lipinski definition) is 4. The highest BCUT2D eigenvalue weighted by Crippen LogP contribution is 2.29. The van der Waals surface area contributed by atoms with E-state index in [4.69, 9.17) is 0 Å². The minimum atomic E-state index is -0.458. The van der Waals surface area contributed by atoms with E-state index in [1.165, 1.54) is 13.0 Å². The Bertz CT molecular complexity index is 714. The molecule has 6 heteroatoms. The van der Waals surface area contributed by atoms with E-state index in [2.05, 4.69) is 15.9 Å². The zero-order chi connectivity index (χ0) is 16.3. The lowest BCUT2D eigenvalue weighted by atomic mass is 10.1. The van der Waals surface area contributed by atoms with Crippen LogP contribution in [-0.2, 0) is 6.54 Å². The van der Waals surface area contributed by atoms with E-state index in [1.807, 2.05) is 24.3 Å². The molecule has 0 spiro atoms. The van der Waals surface area contributed by atoms with Crippen LogP contribution in [0.25, 0.3) is 0 Å². The second kappa shape index (κ2) is 6.70. The van der Waals surface area contributed by atoms with Crippen LogP contribution in [0.2, 0.25) is 0 Å². The maximum Gasteiger partial charge on any atom is 0.293 e. The number of benzene rings is 2. The number of rotatable bonds is 5. The topological polar surface area (TPSA) is 63.5 Å². The van der Waals surface area contributed by atoms with E-state index < -0.39 is 4.92 Å². The summed E-state index contributed by atoms with van der Waals surface area (Å²) in [5.74, 6) is -0.190. The third-order valence-electron chi connectivity index (χ3n) is 3.32. The van der Waals surface area contributed by atoms with Gasteiger partial charge in [-0.15, -0.1) is 0 Å². The molecule has 2 aromatic rings. The number of halogens is 1. The van der Waals surface area contributed by atoms with Crippen LogP contribution in [0.5, 0.6) is 0 Å². The van der Waals surface area contributed by atoms with Crippen LogP contribution in [-0.4, -0.2) is 17.8 Å². The standard InChI is InChI=1S/C16H15BrN2O3/c1-11(20)13-5-8-15(16(9-13)19(21)22)18(2)10-12-3-6-14(17)7-4-12/h3-9H,10H2,1-2H3. The lowest BCUT2D eigenvalue weighted by Gasteiger charge is -2.19. The van der Waals surface area contributed by atoms with Crippen molar-refractivity contribution in [2.24, 2.45) is 0 Å². The maximum atomic E-state index is 11.4. The van der Waals surface area contributed by atoms with Crippen LogP contribution >= 0.6 is 15.9 Å². The molecule has 0 heterocycles. The molecule has 0 fully saturated rings. The van der Waals surface area contributed by atoms with Gasteiger partial charge in [0.1, 0.15) is 5.69 Å². The van der Waals surface area contributed by atoms with Crippen LogP contribution in [0.1, 0.15) is 22.8 Å². The summed E-state index contributed by atoms with van der Waals surface area (Å²) in [6, 6.07) is 12.3. The molecule has 0 aliphatic heterocycles. The first-order valence-corrected chi connectivity index (χ1v) is 7.42. The average Bonchev–Trinajstić information content (AvgIpc) is 2.48. The van der Waals surface area contributed by atoms with E-state index in [-0.39, 0.29) is 11.5 Å². The monoisotopic (exact) mass is 362 g/mol. The molecule has 22 heavy (non-hydrogen) atoms. The highest BCUT2D eigenvalue weighted by atomic mass is 79.9. The van der Waals surface area contributed by atoms with Gasteiger partial charge in [-0.05, 0) is 36.8 Å². The predicted molar refractivity (Wildman–Crippen MR) is 89.3 cm³/mol. The Morgan fingerprint density at radius 1 is 1.23 bits per heavy atom. The Kier molecular flexibility index (Phi) is 4.92. The number of Topliss-reactive ketones (excluding diaryl/α,β-unsaturated/α-hetero) is 1. The summed E-state index contributed by atoms with van der Waals surface area (Å²) in [4.78, 5) is 24.0. The number of nitro groups is 1. The first kappa shape index (κ1) is 16.2. The van der Waals surface area contributed by atoms with Gasteiger partial charge in [0.2, 0.25) is 0 Å². The summed E-state index contributed by atoms with van der Waals surface area (Å²) in [6.45, 7) is 1.93. The molecule has 0 unspecified atom stereocenters. The molecule has 0 atom stereocenters. The van der Waals surface area contributed by atoms with Gasteiger partial charge in [-0.1, -0.05) is 28.1 Å². The number of hydrogen-bond donors (Lipinski definition) is 0. The molecule has 0 radical (unpaired) electrons. The number of nitro benzene ring substituents is 1. The second-order valence-corrected chi connectivity index (χ2v) is 5.91. The van der Waals surface area contributed by atoms with Crippen LogP contribution in [0.4, 0.5) is 11.4 Å². The number of ketones is 1. The number of carbonyl (C=O) groups is 1. The molecule has 0 amide bonds. The van der Waals surface area contributed by atoms with Crippen LogP contribution in [0, 0.1) is 10.1 Å². The van der Waals surface area contributed by atoms with E-state index in [9.17, 15) is 14.9 Å². The molecule has 114 valence electrons. The van der Waals surface area contributed by atoms with E-state index in [1.54, 1.807) is 24.1 Å². The Morgan fingerprint density at radius 2 is 1.86 bits per heavy atom. The first-order valence-electron chi connectivity index (χ1n) is 6.63. The lowest BCUT2D eigenvalue weighted by molar-refractivity contribution is -0.384. The Balaban J connectivity index is 2.32. The van der Waals surface area contributed by atoms with Gasteiger partial charge < -0.3 is 4.90 Å². The van der Waals surface area contributed by atoms with Crippen LogP contribution in [0.15, 0.2) is 46.9 Å². The largest absolute Gasteiger partial charge is 0.365 e. The van der Waals surface area contributed by atoms with Crippen molar-refractivity contribution in [3.63, 3.8) is 0 Å². The van der Waals surface area contributed by atoms with Crippen molar-refractivity contribution < 1.29 is 9.72 Å². The number of nitrogens with zero attached hydrogens (tertiary/aromatic N) is 2. The molecular formula is C16H15BrN2O3. The fourth-order valence-corrected chi connectivity index (χ4v) is 2.42. The molecule has 0 aliphatic carbocycles. The van der Waals surface area contributed by atoms with Crippen molar-refractivity contribution in [3.8, 4) is 0 Å². The number of carbonyl (C=O) groups excluding carboxylic acids is 1. The van der Waals surface area contributed by atoms with Crippen molar-refractivity contribution in [3.05, 3.63) is 68.2 Å². The predicted octanol–water partition coefficient (Wildman–Crippen LogP) is 4.20. The Morgan fingerprint density at radius 3 is 2.41 bits per heavy atom. The van der Waals surface area contributed by atoms with Gasteiger partial charge in [0.05, 0.1) is 4.92 Å². The van der Waals surface area contributed by atoms with E-state index in [0.717, 1.165) is 10.0 Å². The summed E-state index contributed by atoms with van der Waals surface area (Å²) in [5.41, 5.74) is 1.80. The lowest BCUT2D eigenvalue weighted by Crippen LogP contribution is -2.18. The molecule has 0 bridgehead atoms. The van der Waals surface area contributed by atoms with Gasteiger partial charge in [0, 0.05) is 29.7 Å². The molecule has 0 aromatic heterocycles. The summed E-state index contributed by atoms with van der Waals surface area (Å²) in [6.07, 6.45) is 0. The smallest absolute Gasteiger partial charge is 0.293 e. The minimum absolute atomic E-state index is 0.0627. The third kappa shape index (κ3) is 3.71. The fraction of sp³-hybridized carbons (Fsp3) is 0.188. The zero-order valence-corrected chi connectivity index (χ0v) is 13.8. The quantitative estimate of drug-likeness (QED) is 0.454. The van der Waals surface area contributed by atoms with E-state index >= 15 is 0 Å². The van der Waals surface area contributed by atoms with Gasteiger partial charge in [0.15, 0.2) is 5.78 Å². The Hall–Kier alpha value is -2.21. The second-order valence-electron chi connectivity index (χ2n) is 5.00. The summed E-state index contributed by atoms with van der Waals surface area (Å²) in [7, 11) is 1.79. The molecule has 2 rings (SSSR count). The molecular weight excluding hydrogens is 348 g/mol. The molecule has 5 nitrogen and oxygen atoms in total. The highest BCUT2D eigenvalue weighted by Gasteiger charge is 2.19. The van der Waals surface area contributed by atoms with Crippen molar-refractivity contribution in [2.75, 3.05) is 11.9 Å². The normalized spacial score (nSPS) is 10.3. The van der Waals surface area contributed by atoms with Gasteiger partial charge >= 0.3 is 0 Å². The molecule has 0 saturated heterocycles. The molecule has 0 saturated carbocycles. The van der Waals surface area contributed by atoms with Crippen molar-refractivity contribution in [1.29, 1.82) is 0 Å².